The fourth-order valence-corrected chi connectivity index (χ4v) is 3.16. The summed E-state index contributed by atoms with van der Waals surface area (Å²) in [5.41, 5.74) is 0.129. The summed E-state index contributed by atoms with van der Waals surface area (Å²) in [6.45, 7) is 4.23. The molecular formula is C14H18N2O5S2. The molecule has 0 aromatic heterocycles. The van der Waals surface area contributed by atoms with Gasteiger partial charge in [-0.1, -0.05) is 13.8 Å². The molecule has 7 nitrogen and oxygen atoms in total. The van der Waals surface area contributed by atoms with E-state index in [1.807, 2.05) is 13.8 Å². The van der Waals surface area contributed by atoms with Crippen molar-refractivity contribution in [3.8, 4) is 0 Å². The van der Waals surface area contributed by atoms with Gasteiger partial charge in [-0.25, -0.2) is 0 Å². The molecule has 1 aromatic carbocycles. The summed E-state index contributed by atoms with van der Waals surface area (Å²) in [6, 6.07) is 4.23. The quantitative estimate of drug-likeness (QED) is 0.302. The zero-order chi connectivity index (χ0) is 17.4. The fraction of sp³-hybridized carbons (Fsp3) is 0.429. The van der Waals surface area contributed by atoms with Crippen molar-refractivity contribution in [2.75, 3.05) is 18.1 Å². The molecule has 9 heteroatoms. The highest BCUT2D eigenvalue weighted by atomic mass is 32.2. The van der Waals surface area contributed by atoms with E-state index in [0.29, 0.717) is 17.2 Å². The predicted molar refractivity (Wildman–Crippen MR) is 91.4 cm³/mol. The van der Waals surface area contributed by atoms with Crippen molar-refractivity contribution in [3.63, 3.8) is 0 Å². The molecule has 0 saturated carbocycles. The van der Waals surface area contributed by atoms with Crippen LogP contribution in [0.25, 0.3) is 0 Å². The number of hydrogen-bond acceptors (Lipinski definition) is 6. The molecule has 0 aliphatic heterocycles. The molecular weight excluding hydrogens is 340 g/mol. The summed E-state index contributed by atoms with van der Waals surface area (Å²) in [7, 11) is 0. The van der Waals surface area contributed by atoms with Crippen molar-refractivity contribution < 1.29 is 19.6 Å². The molecule has 1 amide bonds. The van der Waals surface area contributed by atoms with Gasteiger partial charge in [-0.2, -0.15) is 0 Å². The first-order valence-corrected chi connectivity index (χ1v) is 8.87. The Morgan fingerprint density at radius 2 is 2.09 bits per heavy atom. The lowest BCUT2D eigenvalue weighted by Gasteiger charge is -2.11. The Bertz CT molecular complexity index is 593. The normalized spacial score (nSPS) is 10.6. The summed E-state index contributed by atoms with van der Waals surface area (Å²) in [5, 5.41) is 22.3. The second-order valence-electron chi connectivity index (χ2n) is 4.81. The van der Waals surface area contributed by atoms with E-state index >= 15 is 0 Å². The first-order valence-electron chi connectivity index (χ1n) is 6.84. The summed E-state index contributed by atoms with van der Waals surface area (Å²) in [4.78, 5) is 33.7. The smallest absolute Gasteiger partial charge is 0.313 e. The number of non-ortho nitro benzene ring substituents is 1. The number of nitro benzene ring substituents is 1. The van der Waals surface area contributed by atoms with Crippen molar-refractivity contribution >= 4 is 41.1 Å². The van der Waals surface area contributed by atoms with Crippen LogP contribution in [-0.2, 0) is 4.79 Å². The third-order valence-corrected chi connectivity index (χ3v) is 4.56. The van der Waals surface area contributed by atoms with E-state index in [4.69, 9.17) is 5.11 Å². The van der Waals surface area contributed by atoms with Crippen LogP contribution in [0.2, 0.25) is 0 Å². The van der Waals surface area contributed by atoms with Gasteiger partial charge in [0.1, 0.15) is 0 Å². The van der Waals surface area contributed by atoms with Crippen molar-refractivity contribution in [1.29, 1.82) is 0 Å². The Hall–Kier alpha value is -1.74. The number of nitrogens with one attached hydrogen (secondary N) is 1. The molecule has 23 heavy (non-hydrogen) atoms. The van der Waals surface area contributed by atoms with Crippen molar-refractivity contribution in [2.24, 2.45) is 0 Å². The summed E-state index contributed by atoms with van der Waals surface area (Å²) < 4.78 is 0. The van der Waals surface area contributed by atoms with E-state index in [-0.39, 0.29) is 22.3 Å². The van der Waals surface area contributed by atoms with Gasteiger partial charge in [0.15, 0.2) is 0 Å². The Balaban J connectivity index is 2.77. The Labute approximate surface area is 142 Å². The number of nitrogens with zero attached hydrogens (tertiary/aromatic N) is 1. The predicted octanol–water partition coefficient (Wildman–Crippen LogP) is 2.64. The molecule has 1 rings (SSSR count). The lowest BCUT2D eigenvalue weighted by Crippen LogP contribution is -2.26. The Kier molecular flexibility index (Phi) is 7.90. The zero-order valence-electron chi connectivity index (χ0n) is 12.8. The number of aliphatic carboxylic acids is 1. The summed E-state index contributed by atoms with van der Waals surface area (Å²) >= 11 is 2.65. The summed E-state index contributed by atoms with van der Waals surface area (Å²) in [5.74, 6) is -0.871. The van der Waals surface area contributed by atoms with Crippen molar-refractivity contribution in [3.05, 3.63) is 33.9 Å². The number of rotatable bonds is 9. The highest BCUT2D eigenvalue weighted by molar-refractivity contribution is 8.00. The number of carboxylic acids is 1. The molecule has 0 heterocycles. The molecule has 2 N–H and O–H groups in total. The standard InChI is InChI=1S/C14H18N2O5S2/c1-9(2)23-12-4-3-10(16(20)21)7-11(12)14(19)15-5-6-22-8-13(17)18/h3-4,7,9H,5-6,8H2,1-2H3,(H,15,19)(H,17,18). The lowest BCUT2D eigenvalue weighted by molar-refractivity contribution is -0.384. The van der Waals surface area contributed by atoms with E-state index in [0.717, 1.165) is 0 Å². The van der Waals surface area contributed by atoms with Crippen molar-refractivity contribution in [2.45, 2.75) is 24.0 Å². The highest BCUT2D eigenvalue weighted by Gasteiger charge is 2.17. The van der Waals surface area contributed by atoms with Crippen molar-refractivity contribution in [1.82, 2.24) is 5.32 Å². The van der Waals surface area contributed by atoms with E-state index in [1.165, 1.54) is 35.7 Å². The molecule has 0 unspecified atom stereocenters. The third kappa shape index (κ3) is 6.91. The van der Waals surface area contributed by atoms with Crippen LogP contribution < -0.4 is 5.32 Å². The van der Waals surface area contributed by atoms with Gasteiger partial charge in [-0.05, 0) is 6.07 Å². The molecule has 0 spiro atoms. The van der Waals surface area contributed by atoms with Gasteiger partial charge in [-0.15, -0.1) is 23.5 Å². The van der Waals surface area contributed by atoms with Crippen LogP contribution >= 0.6 is 23.5 Å². The second kappa shape index (κ2) is 9.41. The number of hydrogen-bond donors (Lipinski definition) is 2. The molecule has 0 aliphatic carbocycles. The first-order chi connectivity index (χ1) is 10.8. The average molecular weight is 358 g/mol. The number of carboxylic acid groups (broad SMARTS) is 1. The molecule has 0 saturated heterocycles. The fourth-order valence-electron chi connectivity index (χ4n) is 1.66. The average Bonchev–Trinajstić information content (AvgIpc) is 2.45. The van der Waals surface area contributed by atoms with Gasteiger partial charge in [0, 0.05) is 34.6 Å². The number of carbonyl (C=O) groups excluding carboxylic acids is 1. The van der Waals surface area contributed by atoms with Crippen LogP contribution in [0.1, 0.15) is 24.2 Å². The van der Waals surface area contributed by atoms with Gasteiger partial charge in [-0.3, -0.25) is 19.7 Å². The number of benzene rings is 1. The lowest BCUT2D eigenvalue weighted by atomic mass is 10.2. The molecule has 126 valence electrons. The number of thioether (sulfide) groups is 2. The maximum absolute atomic E-state index is 12.2. The van der Waals surface area contributed by atoms with E-state index in [9.17, 15) is 19.7 Å². The zero-order valence-corrected chi connectivity index (χ0v) is 14.4. The minimum absolute atomic E-state index is 0.0267. The number of carbonyl (C=O) groups is 2. The molecule has 0 aliphatic rings. The number of nitro groups is 1. The maximum atomic E-state index is 12.2. The van der Waals surface area contributed by atoms with Crippen LogP contribution in [0.3, 0.4) is 0 Å². The van der Waals surface area contributed by atoms with Gasteiger partial charge >= 0.3 is 5.97 Å². The highest BCUT2D eigenvalue weighted by Crippen LogP contribution is 2.29. The Morgan fingerprint density at radius 3 is 2.65 bits per heavy atom. The van der Waals surface area contributed by atoms with Gasteiger partial charge in [0.05, 0.1) is 16.2 Å². The molecule has 0 atom stereocenters. The van der Waals surface area contributed by atoms with E-state index < -0.39 is 16.8 Å². The SMILES string of the molecule is CC(C)Sc1ccc([N+](=O)[O-])cc1C(=O)NCCSCC(=O)O. The third-order valence-electron chi connectivity index (χ3n) is 2.54. The monoisotopic (exact) mass is 358 g/mol. The van der Waals surface area contributed by atoms with Crippen LogP contribution in [0, 0.1) is 10.1 Å². The molecule has 0 bridgehead atoms. The van der Waals surface area contributed by atoms with Gasteiger partial charge in [0.25, 0.3) is 11.6 Å². The van der Waals surface area contributed by atoms with E-state index in [2.05, 4.69) is 5.32 Å². The number of amides is 1. The maximum Gasteiger partial charge on any atom is 0.313 e. The molecule has 1 aromatic rings. The van der Waals surface area contributed by atoms with Gasteiger partial charge < -0.3 is 10.4 Å². The van der Waals surface area contributed by atoms with Gasteiger partial charge in [0.2, 0.25) is 0 Å². The second-order valence-corrected chi connectivity index (χ2v) is 7.53. The van der Waals surface area contributed by atoms with Crippen LogP contribution in [-0.4, -0.2) is 45.2 Å². The van der Waals surface area contributed by atoms with Crippen LogP contribution in [0.15, 0.2) is 23.1 Å². The van der Waals surface area contributed by atoms with E-state index in [1.54, 1.807) is 6.07 Å². The van der Waals surface area contributed by atoms with Crippen LogP contribution in [0.4, 0.5) is 5.69 Å². The molecule has 0 fully saturated rings. The summed E-state index contributed by atoms with van der Waals surface area (Å²) in [6.07, 6.45) is 0. The Morgan fingerprint density at radius 1 is 1.39 bits per heavy atom. The molecule has 0 radical (unpaired) electrons. The largest absolute Gasteiger partial charge is 0.481 e. The topological polar surface area (TPSA) is 110 Å². The first kappa shape index (κ1) is 19.3. The minimum Gasteiger partial charge on any atom is -0.481 e. The van der Waals surface area contributed by atoms with Crippen LogP contribution in [0.5, 0.6) is 0 Å². The minimum atomic E-state index is -0.907.